The first kappa shape index (κ1) is 17.6. The van der Waals surface area contributed by atoms with Gasteiger partial charge in [0, 0.05) is 5.56 Å². The molecule has 0 spiro atoms. The van der Waals surface area contributed by atoms with Crippen LogP contribution in [0.25, 0.3) is 11.3 Å². The highest BCUT2D eigenvalue weighted by molar-refractivity contribution is 7.71. The molecule has 0 aliphatic rings. The van der Waals surface area contributed by atoms with Gasteiger partial charge in [0.15, 0.2) is 4.77 Å². The molecule has 0 fully saturated rings. The molecule has 0 radical (unpaired) electrons. The van der Waals surface area contributed by atoms with Gasteiger partial charge >= 0.3 is 0 Å². The molecule has 0 aliphatic carbocycles. The molecule has 0 bridgehead atoms. The van der Waals surface area contributed by atoms with Gasteiger partial charge in [0.25, 0.3) is 5.56 Å². The minimum absolute atomic E-state index is 0.00562. The van der Waals surface area contributed by atoms with E-state index in [4.69, 9.17) is 21.7 Å². The van der Waals surface area contributed by atoms with Crippen LogP contribution < -0.4 is 15.0 Å². The second kappa shape index (κ2) is 7.37. The molecule has 0 aliphatic heterocycles. The lowest BCUT2D eigenvalue weighted by Crippen LogP contribution is -2.21. The number of H-pyrrole nitrogens is 2. The Morgan fingerprint density at radius 2 is 1.42 bits per heavy atom. The quantitative estimate of drug-likeness (QED) is 0.533. The second-order valence-corrected chi connectivity index (χ2v) is 5.85. The van der Waals surface area contributed by atoms with Crippen LogP contribution in [-0.2, 0) is 0 Å². The smallest absolute Gasteiger partial charge is 0.263 e. The predicted octanol–water partition coefficient (Wildman–Crippen LogP) is 3.35. The third-order valence-corrected chi connectivity index (χ3v) is 4.10. The average molecular weight is 368 g/mol. The van der Waals surface area contributed by atoms with Crippen LogP contribution in [-0.4, -0.2) is 30.0 Å². The molecular weight excluding hydrogens is 352 g/mol. The van der Waals surface area contributed by atoms with Crippen LogP contribution in [0.1, 0.15) is 15.9 Å². The van der Waals surface area contributed by atoms with E-state index in [0.29, 0.717) is 28.3 Å². The van der Waals surface area contributed by atoms with Gasteiger partial charge in [-0.1, -0.05) is 0 Å². The van der Waals surface area contributed by atoms with Crippen molar-refractivity contribution in [2.75, 3.05) is 14.2 Å². The Labute approximate surface area is 154 Å². The van der Waals surface area contributed by atoms with Crippen molar-refractivity contribution in [3.8, 4) is 22.8 Å². The number of nitrogens with one attached hydrogen (secondary N) is 2. The maximum absolute atomic E-state index is 13.0. The Balaban J connectivity index is 2.14. The van der Waals surface area contributed by atoms with Crippen molar-refractivity contribution >= 4 is 18.0 Å². The summed E-state index contributed by atoms with van der Waals surface area (Å²) in [5.41, 5.74) is 0.841. The molecule has 132 valence electrons. The molecule has 0 atom stereocenters. The molecule has 3 rings (SSSR count). The lowest BCUT2D eigenvalue weighted by atomic mass is 9.99. The number of benzene rings is 2. The highest BCUT2D eigenvalue weighted by Crippen LogP contribution is 2.24. The van der Waals surface area contributed by atoms with Crippen LogP contribution in [0.15, 0.2) is 53.3 Å². The van der Waals surface area contributed by atoms with Gasteiger partial charge in [-0.05, 0) is 66.3 Å². The molecule has 0 unspecified atom stereocenters. The molecule has 7 heteroatoms. The fourth-order valence-electron chi connectivity index (χ4n) is 2.56. The molecule has 0 saturated carbocycles. The van der Waals surface area contributed by atoms with E-state index in [0.717, 1.165) is 0 Å². The van der Waals surface area contributed by atoms with Crippen molar-refractivity contribution in [1.82, 2.24) is 9.97 Å². The van der Waals surface area contributed by atoms with Gasteiger partial charge in [0.1, 0.15) is 17.1 Å². The van der Waals surface area contributed by atoms with Crippen molar-refractivity contribution in [2.24, 2.45) is 0 Å². The first-order chi connectivity index (χ1) is 12.5. The zero-order valence-corrected chi connectivity index (χ0v) is 15.0. The first-order valence-corrected chi connectivity index (χ1v) is 8.14. The van der Waals surface area contributed by atoms with E-state index in [1.54, 1.807) is 62.8 Å². The number of carbonyl (C=O) groups is 1. The standard InChI is InChI=1S/C19H16N2O4S/c1-24-13-7-3-11(4-8-13)16-15(18(23)21-19(26)20-16)17(22)12-5-9-14(25-2)10-6-12/h3-10H,1-2H3,(H2,20,21,23,26). The van der Waals surface area contributed by atoms with E-state index in [1.807, 2.05) is 0 Å². The van der Waals surface area contributed by atoms with Crippen LogP contribution in [0, 0.1) is 4.77 Å². The van der Waals surface area contributed by atoms with Gasteiger partial charge in [-0.2, -0.15) is 0 Å². The van der Waals surface area contributed by atoms with Crippen molar-refractivity contribution in [3.63, 3.8) is 0 Å². The number of hydrogen-bond donors (Lipinski definition) is 2. The van der Waals surface area contributed by atoms with Gasteiger partial charge < -0.3 is 14.5 Å². The van der Waals surface area contributed by atoms with Gasteiger partial charge in [-0.25, -0.2) is 0 Å². The highest BCUT2D eigenvalue weighted by atomic mass is 32.1. The summed E-state index contributed by atoms with van der Waals surface area (Å²) in [6.45, 7) is 0. The SMILES string of the molecule is COc1ccc(C(=O)c2c(-c3ccc(OC)cc3)[nH]c(=S)[nH]c2=O)cc1. The lowest BCUT2D eigenvalue weighted by Gasteiger charge is -2.09. The molecule has 0 amide bonds. The summed E-state index contributed by atoms with van der Waals surface area (Å²) >= 11 is 5.07. The molecule has 1 heterocycles. The summed E-state index contributed by atoms with van der Waals surface area (Å²) in [5, 5.41) is 0. The van der Waals surface area contributed by atoms with Crippen molar-refractivity contribution in [2.45, 2.75) is 0 Å². The molecule has 2 N–H and O–H groups in total. The van der Waals surface area contributed by atoms with Gasteiger partial charge in [0.2, 0.25) is 5.78 Å². The summed E-state index contributed by atoms with van der Waals surface area (Å²) in [4.78, 5) is 30.8. The van der Waals surface area contributed by atoms with Crippen LogP contribution >= 0.6 is 12.2 Å². The fourth-order valence-corrected chi connectivity index (χ4v) is 2.76. The van der Waals surface area contributed by atoms with E-state index in [1.165, 1.54) is 0 Å². The van der Waals surface area contributed by atoms with E-state index < -0.39 is 11.3 Å². The van der Waals surface area contributed by atoms with Crippen molar-refractivity contribution in [1.29, 1.82) is 0 Å². The molecule has 1 aromatic heterocycles. The topological polar surface area (TPSA) is 84.2 Å². The normalized spacial score (nSPS) is 10.4. The van der Waals surface area contributed by atoms with Gasteiger partial charge in [-0.3, -0.25) is 14.6 Å². The number of methoxy groups -OCH3 is 2. The summed E-state index contributed by atoms with van der Waals surface area (Å²) in [6, 6.07) is 13.6. The summed E-state index contributed by atoms with van der Waals surface area (Å²) in [7, 11) is 3.11. The monoisotopic (exact) mass is 368 g/mol. The van der Waals surface area contributed by atoms with E-state index in [9.17, 15) is 9.59 Å². The third kappa shape index (κ3) is 3.43. The number of hydrogen-bond acceptors (Lipinski definition) is 5. The van der Waals surface area contributed by atoms with Gasteiger partial charge in [-0.15, -0.1) is 0 Å². The van der Waals surface area contributed by atoms with Gasteiger partial charge in [0.05, 0.1) is 19.9 Å². The first-order valence-electron chi connectivity index (χ1n) is 7.73. The van der Waals surface area contributed by atoms with Crippen LogP contribution in [0.4, 0.5) is 0 Å². The molecule has 6 nitrogen and oxygen atoms in total. The highest BCUT2D eigenvalue weighted by Gasteiger charge is 2.20. The van der Waals surface area contributed by atoms with E-state index in [2.05, 4.69) is 9.97 Å². The Bertz CT molecular complexity index is 1050. The fraction of sp³-hybridized carbons (Fsp3) is 0.105. The maximum atomic E-state index is 13.0. The Kier molecular flexibility index (Phi) is 4.99. The zero-order chi connectivity index (χ0) is 18.7. The van der Waals surface area contributed by atoms with E-state index in [-0.39, 0.29) is 10.3 Å². The summed E-state index contributed by atoms with van der Waals surface area (Å²) < 4.78 is 10.4. The summed E-state index contributed by atoms with van der Waals surface area (Å²) in [6.07, 6.45) is 0. The van der Waals surface area contributed by atoms with E-state index >= 15 is 0 Å². The number of aromatic amines is 2. The minimum Gasteiger partial charge on any atom is -0.497 e. The lowest BCUT2D eigenvalue weighted by molar-refractivity contribution is 0.103. The molecule has 0 saturated heterocycles. The Morgan fingerprint density at radius 1 is 0.885 bits per heavy atom. The Hall–Kier alpha value is -3.19. The third-order valence-electron chi connectivity index (χ3n) is 3.90. The number of aromatic nitrogens is 2. The van der Waals surface area contributed by atoms with Crippen LogP contribution in [0.5, 0.6) is 11.5 Å². The molecule has 26 heavy (non-hydrogen) atoms. The average Bonchev–Trinajstić information content (AvgIpc) is 2.67. The maximum Gasteiger partial charge on any atom is 0.263 e. The number of carbonyl (C=O) groups excluding carboxylic acids is 1. The number of ketones is 1. The molecular formula is C19H16N2O4S. The molecule has 3 aromatic rings. The number of ether oxygens (including phenoxy) is 2. The molecule has 2 aromatic carbocycles. The van der Waals surface area contributed by atoms with Crippen LogP contribution in [0.2, 0.25) is 0 Å². The van der Waals surface area contributed by atoms with Crippen molar-refractivity contribution < 1.29 is 14.3 Å². The van der Waals surface area contributed by atoms with Crippen LogP contribution in [0.3, 0.4) is 0 Å². The minimum atomic E-state index is -0.541. The summed E-state index contributed by atoms with van der Waals surface area (Å²) in [5.74, 6) is 0.879. The second-order valence-electron chi connectivity index (χ2n) is 5.44. The predicted molar refractivity (Wildman–Crippen MR) is 101 cm³/mol. The Morgan fingerprint density at radius 3 is 1.96 bits per heavy atom. The largest absolute Gasteiger partial charge is 0.497 e. The number of rotatable bonds is 5. The van der Waals surface area contributed by atoms with Crippen molar-refractivity contribution in [3.05, 3.63) is 74.8 Å². The zero-order valence-electron chi connectivity index (χ0n) is 14.2.